The third kappa shape index (κ3) is 2.67. The van der Waals surface area contributed by atoms with E-state index >= 15 is 0 Å². The molecule has 0 bridgehead atoms. The first-order chi connectivity index (χ1) is 12.8. The molecule has 0 heteroatoms. The van der Waals surface area contributed by atoms with Crippen LogP contribution < -0.4 is 0 Å². The molecule has 0 saturated heterocycles. The SMILES string of the molecule is Cc1cc2ccccc2c(C(C)(C)c2c(C)c(C)cc3ccccc23)c1C. The average Bonchev–Trinajstić information content (AvgIpc) is 2.63. The van der Waals surface area contributed by atoms with Gasteiger partial charge in [0, 0.05) is 5.41 Å². The number of benzene rings is 4. The second-order valence-electron chi connectivity index (χ2n) is 8.45. The largest absolute Gasteiger partial charge is 0.0616 e. The Kier molecular flexibility index (Phi) is 4.11. The first-order valence-corrected chi connectivity index (χ1v) is 9.81. The van der Waals surface area contributed by atoms with Crippen LogP contribution in [-0.2, 0) is 5.41 Å². The van der Waals surface area contributed by atoms with Crippen LogP contribution in [-0.4, -0.2) is 0 Å². The zero-order chi connectivity index (χ0) is 19.3. The molecule has 0 aliphatic carbocycles. The predicted molar refractivity (Wildman–Crippen MR) is 119 cm³/mol. The van der Waals surface area contributed by atoms with E-state index in [-0.39, 0.29) is 5.41 Å². The average molecular weight is 353 g/mol. The summed E-state index contributed by atoms with van der Waals surface area (Å²) in [7, 11) is 0. The summed E-state index contributed by atoms with van der Waals surface area (Å²) in [5, 5.41) is 5.41. The molecule has 0 fully saturated rings. The minimum Gasteiger partial charge on any atom is -0.0616 e. The second kappa shape index (κ2) is 6.23. The van der Waals surface area contributed by atoms with Crippen LogP contribution in [0, 0.1) is 27.7 Å². The topological polar surface area (TPSA) is 0 Å². The highest BCUT2D eigenvalue weighted by molar-refractivity contribution is 5.93. The van der Waals surface area contributed by atoms with Crippen LogP contribution in [0.15, 0.2) is 60.7 Å². The lowest BCUT2D eigenvalue weighted by atomic mass is 9.70. The molecule has 0 spiro atoms. The Bertz CT molecular complexity index is 1080. The van der Waals surface area contributed by atoms with E-state index in [1.54, 1.807) is 0 Å². The molecular formula is C27H28. The third-order valence-corrected chi connectivity index (χ3v) is 6.39. The van der Waals surface area contributed by atoms with Crippen LogP contribution >= 0.6 is 0 Å². The van der Waals surface area contributed by atoms with E-state index in [0.717, 1.165) is 0 Å². The number of hydrogen-bond acceptors (Lipinski definition) is 0. The molecule has 4 aromatic rings. The van der Waals surface area contributed by atoms with E-state index in [4.69, 9.17) is 0 Å². The standard InChI is InChI=1S/C27H28/c1-17-15-21-11-7-9-13-23(21)25(19(17)3)27(5,6)26-20(4)18(2)16-22-12-8-10-14-24(22)26/h7-16H,1-6H3. The van der Waals surface area contributed by atoms with Crippen LogP contribution in [0.25, 0.3) is 21.5 Å². The van der Waals surface area contributed by atoms with Crippen LogP contribution in [0.1, 0.15) is 47.2 Å². The fourth-order valence-electron chi connectivity index (χ4n) is 4.92. The summed E-state index contributed by atoms with van der Waals surface area (Å²) in [4.78, 5) is 0. The summed E-state index contributed by atoms with van der Waals surface area (Å²) in [6.07, 6.45) is 0. The van der Waals surface area contributed by atoms with Gasteiger partial charge in [0.1, 0.15) is 0 Å². The van der Waals surface area contributed by atoms with Crippen LogP contribution in [0.4, 0.5) is 0 Å². The van der Waals surface area contributed by atoms with E-state index in [9.17, 15) is 0 Å². The highest BCUT2D eigenvalue weighted by Gasteiger charge is 2.31. The van der Waals surface area contributed by atoms with Gasteiger partial charge in [-0.3, -0.25) is 0 Å². The molecule has 0 radical (unpaired) electrons. The molecule has 4 aromatic carbocycles. The highest BCUT2D eigenvalue weighted by atomic mass is 14.3. The van der Waals surface area contributed by atoms with Crippen molar-refractivity contribution in [3.05, 3.63) is 94.0 Å². The Morgan fingerprint density at radius 3 is 1.33 bits per heavy atom. The maximum Gasteiger partial charge on any atom is 0.0164 e. The minimum atomic E-state index is -0.0919. The van der Waals surface area contributed by atoms with Crippen molar-refractivity contribution in [1.29, 1.82) is 0 Å². The van der Waals surface area contributed by atoms with Crippen LogP contribution in [0.5, 0.6) is 0 Å². The number of rotatable bonds is 2. The molecule has 0 atom stereocenters. The van der Waals surface area contributed by atoms with Gasteiger partial charge in [-0.15, -0.1) is 0 Å². The predicted octanol–water partition coefficient (Wildman–Crippen LogP) is 7.55. The van der Waals surface area contributed by atoms with Gasteiger partial charge >= 0.3 is 0 Å². The van der Waals surface area contributed by atoms with Crippen molar-refractivity contribution in [3.63, 3.8) is 0 Å². The quantitative estimate of drug-likeness (QED) is 0.349. The zero-order valence-corrected chi connectivity index (χ0v) is 17.3. The lowest BCUT2D eigenvalue weighted by molar-refractivity contribution is 0.642. The summed E-state index contributed by atoms with van der Waals surface area (Å²) in [5.74, 6) is 0. The van der Waals surface area contributed by atoms with Gasteiger partial charge in [-0.25, -0.2) is 0 Å². The normalized spacial score (nSPS) is 12.1. The molecule has 0 aliphatic heterocycles. The molecule has 0 N–H and O–H groups in total. The Morgan fingerprint density at radius 2 is 0.926 bits per heavy atom. The first kappa shape index (κ1) is 17.8. The zero-order valence-electron chi connectivity index (χ0n) is 17.3. The van der Waals surface area contributed by atoms with E-state index in [1.807, 2.05) is 0 Å². The number of fused-ring (bicyclic) bond motifs is 2. The summed E-state index contributed by atoms with van der Waals surface area (Å²) in [5.41, 5.74) is 8.37. The third-order valence-electron chi connectivity index (χ3n) is 6.39. The van der Waals surface area contributed by atoms with Crippen molar-refractivity contribution in [2.24, 2.45) is 0 Å². The molecule has 4 rings (SSSR count). The van der Waals surface area contributed by atoms with E-state index in [2.05, 4.69) is 102 Å². The van der Waals surface area contributed by atoms with E-state index in [0.29, 0.717) is 0 Å². The molecule has 0 aromatic heterocycles. The summed E-state index contributed by atoms with van der Waals surface area (Å²) in [6.45, 7) is 13.8. The van der Waals surface area contributed by atoms with Gasteiger partial charge in [-0.1, -0.05) is 74.5 Å². The summed E-state index contributed by atoms with van der Waals surface area (Å²) in [6, 6.07) is 22.3. The molecule has 136 valence electrons. The lowest BCUT2D eigenvalue weighted by Crippen LogP contribution is -2.23. The number of hydrogen-bond donors (Lipinski definition) is 0. The van der Waals surface area contributed by atoms with Gasteiger partial charge in [0.15, 0.2) is 0 Å². The van der Waals surface area contributed by atoms with Gasteiger partial charge in [0.2, 0.25) is 0 Å². The van der Waals surface area contributed by atoms with Gasteiger partial charge in [0.25, 0.3) is 0 Å². The summed E-state index contributed by atoms with van der Waals surface area (Å²) >= 11 is 0. The van der Waals surface area contributed by atoms with Crippen molar-refractivity contribution >= 4 is 21.5 Å². The van der Waals surface area contributed by atoms with Gasteiger partial charge in [-0.05, 0) is 82.6 Å². The van der Waals surface area contributed by atoms with Gasteiger partial charge in [0.05, 0.1) is 0 Å². The van der Waals surface area contributed by atoms with E-state index in [1.165, 1.54) is 54.9 Å². The molecule has 27 heavy (non-hydrogen) atoms. The van der Waals surface area contributed by atoms with Crippen LogP contribution in [0.2, 0.25) is 0 Å². The number of aryl methyl sites for hydroxylation is 2. The molecule has 0 aliphatic rings. The maximum atomic E-state index is 2.40. The molecule has 0 heterocycles. The maximum absolute atomic E-state index is 2.40. The molecule has 0 unspecified atom stereocenters. The van der Waals surface area contributed by atoms with Crippen molar-refractivity contribution < 1.29 is 0 Å². The monoisotopic (exact) mass is 352 g/mol. The van der Waals surface area contributed by atoms with Gasteiger partial charge < -0.3 is 0 Å². The van der Waals surface area contributed by atoms with Gasteiger partial charge in [-0.2, -0.15) is 0 Å². The fraction of sp³-hybridized carbons (Fsp3) is 0.259. The molecule has 0 saturated carbocycles. The summed E-state index contributed by atoms with van der Waals surface area (Å²) < 4.78 is 0. The molecular weight excluding hydrogens is 324 g/mol. The second-order valence-corrected chi connectivity index (χ2v) is 8.45. The Morgan fingerprint density at radius 1 is 0.556 bits per heavy atom. The first-order valence-electron chi connectivity index (χ1n) is 9.81. The van der Waals surface area contributed by atoms with Crippen molar-refractivity contribution in [3.8, 4) is 0 Å². The Balaban J connectivity index is 2.16. The smallest absolute Gasteiger partial charge is 0.0164 e. The Labute approximate surface area is 162 Å². The van der Waals surface area contributed by atoms with Crippen molar-refractivity contribution in [2.75, 3.05) is 0 Å². The van der Waals surface area contributed by atoms with Crippen molar-refractivity contribution in [2.45, 2.75) is 47.0 Å². The highest BCUT2D eigenvalue weighted by Crippen LogP contribution is 2.44. The Hall–Kier alpha value is -2.60. The van der Waals surface area contributed by atoms with E-state index < -0.39 is 0 Å². The van der Waals surface area contributed by atoms with Crippen molar-refractivity contribution in [1.82, 2.24) is 0 Å². The molecule has 0 amide bonds. The van der Waals surface area contributed by atoms with Crippen LogP contribution in [0.3, 0.4) is 0 Å². The minimum absolute atomic E-state index is 0.0919. The molecule has 0 nitrogen and oxygen atoms in total. The fourth-order valence-corrected chi connectivity index (χ4v) is 4.92. The lowest BCUT2D eigenvalue weighted by Gasteiger charge is -2.33.